The predicted octanol–water partition coefficient (Wildman–Crippen LogP) is 3.89. The number of hydrogen-bond acceptors (Lipinski definition) is 6. The molecular formula is C14H9ClF3N5OS. The van der Waals surface area contributed by atoms with Gasteiger partial charge in [0.15, 0.2) is 0 Å². The van der Waals surface area contributed by atoms with E-state index in [1.807, 2.05) is 0 Å². The third-order valence-corrected chi connectivity index (χ3v) is 4.43. The average molecular weight is 388 g/mol. The minimum Gasteiger partial charge on any atom is -0.494 e. The van der Waals surface area contributed by atoms with E-state index in [2.05, 4.69) is 20.5 Å². The molecule has 0 unspecified atom stereocenters. The standard InChI is InChI=1S/C14H9ClF3N5OS/c1-24-11-5-3-2-4-10(11)23-13(20-21-22-23)25-12-9(15)6-8(7-19-12)14(16,17)18/h2-7H,1H3. The summed E-state index contributed by atoms with van der Waals surface area (Å²) >= 11 is 6.87. The summed E-state index contributed by atoms with van der Waals surface area (Å²) in [5.41, 5.74) is -0.355. The zero-order chi connectivity index (χ0) is 18.0. The topological polar surface area (TPSA) is 65.7 Å². The van der Waals surface area contributed by atoms with Gasteiger partial charge in [-0.05, 0) is 40.4 Å². The van der Waals surface area contributed by atoms with Gasteiger partial charge < -0.3 is 4.74 Å². The van der Waals surface area contributed by atoms with Crippen LogP contribution in [0.1, 0.15) is 5.56 Å². The predicted molar refractivity (Wildman–Crippen MR) is 84.1 cm³/mol. The molecule has 0 aliphatic heterocycles. The molecule has 2 aromatic heterocycles. The van der Waals surface area contributed by atoms with Gasteiger partial charge in [0.2, 0.25) is 5.16 Å². The Bertz CT molecular complexity index is 902. The van der Waals surface area contributed by atoms with Crippen LogP contribution < -0.4 is 4.74 Å². The van der Waals surface area contributed by atoms with Crippen molar-refractivity contribution in [3.8, 4) is 11.4 Å². The van der Waals surface area contributed by atoms with E-state index in [4.69, 9.17) is 16.3 Å². The van der Waals surface area contributed by atoms with Gasteiger partial charge in [-0.25, -0.2) is 4.98 Å². The SMILES string of the molecule is COc1ccccc1-n1nnnc1Sc1ncc(C(F)(F)F)cc1Cl. The van der Waals surface area contributed by atoms with E-state index in [-0.39, 0.29) is 15.2 Å². The van der Waals surface area contributed by atoms with Gasteiger partial charge >= 0.3 is 6.18 Å². The smallest absolute Gasteiger partial charge is 0.417 e. The van der Waals surface area contributed by atoms with E-state index in [0.717, 1.165) is 17.8 Å². The first-order valence-electron chi connectivity index (χ1n) is 6.72. The van der Waals surface area contributed by atoms with Crippen LogP contribution in [-0.4, -0.2) is 32.3 Å². The van der Waals surface area contributed by atoms with E-state index < -0.39 is 11.7 Å². The highest BCUT2D eigenvalue weighted by molar-refractivity contribution is 7.99. The van der Waals surface area contributed by atoms with Crippen molar-refractivity contribution in [1.29, 1.82) is 0 Å². The second kappa shape index (κ2) is 6.89. The molecule has 0 spiro atoms. The minimum atomic E-state index is -4.52. The number of nitrogens with zero attached hydrogens (tertiary/aromatic N) is 5. The first-order chi connectivity index (χ1) is 11.9. The van der Waals surface area contributed by atoms with Crippen molar-refractivity contribution >= 4 is 23.4 Å². The molecule has 11 heteroatoms. The number of aromatic nitrogens is 5. The van der Waals surface area contributed by atoms with Gasteiger partial charge in [0.25, 0.3) is 0 Å². The zero-order valence-electron chi connectivity index (χ0n) is 12.5. The van der Waals surface area contributed by atoms with Crippen molar-refractivity contribution < 1.29 is 17.9 Å². The number of hydrogen-bond donors (Lipinski definition) is 0. The molecule has 2 heterocycles. The number of para-hydroxylation sites is 2. The Morgan fingerprint density at radius 2 is 2.00 bits per heavy atom. The van der Waals surface area contributed by atoms with Crippen molar-refractivity contribution in [3.05, 3.63) is 47.1 Å². The molecule has 130 valence electrons. The normalized spacial score (nSPS) is 11.6. The van der Waals surface area contributed by atoms with E-state index in [1.54, 1.807) is 24.3 Å². The number of tetrazole rings is 1. The van der Waals surface area contributed by atoms with Crippen LogP contribution in [0.5, 0.6) is 5.75 Å². The van der Waals surface area contributed by atoms with Crippen LogP contribution in [0.25, 0.3) is 5.69 Å². The number of pyridine rings is 1. The maximum atomic E-state index is 12.7. The summed E-state index contributed by atoms with van der Waals surface area (Å²) in [6.45, 7) is 0. The van der Waals surface area contributed by atoms with E-state index >= 15 is 0 Å². The largest absolute Gasteiger partial charge is 0.494 e. The summed E-state index contributed by atoms with van der Waals surface area (Å²) in [4.78, 5) is 3.77. The summed E-state index contributed by atoms with van der Waals surface area (Å²) in [6.07, 6.45) is -3.80. The Balaban J connectivity index is 1.95. The third-order valence-electron chi connectivity index (χ3n) is 3.08. The van der Waals surface area contributed by atoms with Crippen LogP contribution in [-0.2, 0) is 6.18 Å². The van der Waals surface area contributed by atoms with Crippen LogP contribution in [0.3, 0.4) is 0 Å². The number of halogens is 4. The molecule has 0 atom stereocenters. The summed E-state index contributed by atoms with van der Waals surface area (Å²) in [6, 6.07) is 7.84. The first kappa shape index (κ1) is 17.5. The fourth-order valence-corrected chi connectivity index (χ4v) is 2.96. The number of methoxy groups -OCH3 is 1. The van der Waals surface area contributed by atoms with Crippen LogP contribution in [0.4, 0.5) is 13.2 Å². The molecule has 0 aliphatic carbocycles. The van der Waals surface area contributed by atoms with Gasteiger partial charge in [0.05, 0.1) is 17.7 Å². The molecule has 0 N–H and O–H groups in total. The quantitative estimate of drug-likeness (QED) is 0.676. The number of benzene rings is 1. The van der Waals surface area contributed by atoms with Crippen LogP contribution >= 0.6 is 23.4 Å². The zero-order valence-corrected chi connectivity index (χ0v) is 14.1. The molecule has 0 fully saturated rings. The molecule has 25 heavy (non-hydrogen) atoms. The lowest BCUT2D eigenvalue weighted by Gasteiger charge is -2.10. The van der Waals surface area contributed by atoms with Crippen LogP contribution in [0.2, 0.25) is 5.02 Å². The van der Waals surface area contributed by atoms with Crippen molar-refractivity contribution in [2.45, 2.75) is 16.4 Å². The molecule has 3 aromatic rings. The Morgan fingerprint density at radius 1 is 1.24 bits per heavy atom. The Morgan fingerprint density at radius 3 is 2.68 bits per heavy atom. The molecule has 6 nitrogen and oxygen atoms in total. The maximum absolute atomic E-state index is 12.7. The van der Waals surface area contributed by atoms with Gasteiger partial charge in [-0.2, -0.15) is 17.9 Å². The van der Waals surface area contributed by atoms with E-state index in [1.165, 1.54) is 11.8 Å². The van der Waals surface area contributed by atoms with E-state index in [9.17, 15) is 13.2 Å². The minimum absolute atomic E-state index is 0.144. The second-order valence-corrected chi connectivity index (χ2v) is 6.02. The van der Waals surface area contributed by atoms with Gasteiger partial charge in [-0.3, -0.25) is 0 Å². The summed E-state index contributed by atoms with van der Waals surface area (Å²) in [5, 5.41) is 11.6. The monoisotopic (exact) mass is 387 g/mol. The summed E-state index contributed by atoms with van der Waals surface area (Å²) < 4.78 is 44.7. The number of rotatable bonds is 4. The molecular weight excluding hydrogens is 379 g/mol. The Kier molecular flexibility index (Phi) is 4.82. The number of alkyl halides is 3. The van der Waals surface area contributed by atoms with Crippen LogP contribution in [0, 0.1) is 0 Å². The van der Waals surface area contributed by atoms with Gasteiger partial charge in [0, 0.05) is 6.20 Å². The molecule has 1 aromatic carbocycles. The van der Waals surface area contributed by atoms with Gasteiger partial charge in [-0.15, -0.1) is 5.10 Å². The van der Waals surface area contributed by atoms with Crippen molar-refractivity contribution in [1.82, 2.24) is 25.2 Å². The summed E-state index contributed by atoms with van der Waals surface area (Å²) in [7, 11) is 1.50. The molecule has 0 aliphatic rings. The molecule has 0 saturated heterocycles. The lowest BCUT2D eigenvalue weighted by atomic mass is 10.3. The Labute approximate surface area is 149 Å². The number of ether oxygens (including phenoxy) is 1. The average Bonchev–Trinajstić information content (AvgIpc) is 3.03. The fourth-order valence-electron chi connectivity index (χ4n) is 1.94. The van der Waals surface area contributed by atoms with Crippen LogP contribution in [0.15, 0.2) is 46.7 Å². The molecule has 0 saturated carbocycles. The highest BCUT2D eigenvalue weighted by Gasteiger charge is 2.31. The third kappa shape index (κ3) is 3.69. The molecule has 0 bridgehead atoms. The Hall–Kier alpha value is -2.33. The molecule has 0 radical (unpaired) electrons. The lowest BCUT2D eigenvalue weighted by molar-refractivity contribution is -0.137. The van der Waals surface area contributed by atoms with Crippen molar-refractivity contribution in [2.75, 3.05) is 7.11 Å². The summed E-state index contributed by atoms with van der Waals surface area (Å²) in [5.74, 6) is 0.531. The highest BCUT2D eigenvalue weighted by atomic mass is 35.5. The maximum Gasteiger partial charge on any atom is 0.417 e. The van der Waals surface area contributed by atoms with Gasteiger partial charge in [0.1, 0.15) is 16.5 Å². The van der Waals surface area contributed by atoms with Crippen molar-refractivity contribution in [2.24, 2.45) is 0 Å². The van der Waals surface area contributed by atoms with E-state index in [0.29, 0.717) is 17.6 Å². The molecule has 3 rings (SSSR count). The second-order valence-electron chi connectivity index (χ2n) is 4.66. The van der Waals surface area contributed by atoms with Crippen molar-refractivity contribution in [3.63, 3.8) is 0 Å². The fraction of sp³-hybridized carbons (Fsp3) is 0.143. The molecule has 0 amide bonds. The lowest BCUT2D eigenvalue weighted by Crippen LogP contribution is -2.06. The van der Waals surface area contributed by atoms with Gasteiger partial charge in [-0.1, -0.05) is 23.7 Å². The first-order valence-corrected chi connectivity index (χ1v) is 7.92. The highest BCUT2D eigenvalue weighted by Crippen LogP contribution is 2.36.